The Bertz CT molecular complexity index is 1020. The van der Waals surface area contributed by atoms with Crippen LogP contribution in [0, 0.1) is 0 Å². The monoisotopic (exact) mass is 444 g/mol. The third-order valence-corrected chi connectivity index (χ3v) is 4.83. The maximum Gasteiger partial charge on any atom is 0.249 e. The lowest BCUT2D eigenvalue weighted by atomic mass is 10.2. The van der Waals surface area contributed by atoms with E-state index in [4.69, 9.17) is 25.5 Å². The van der Waals surface area contributed by atoms with Crippen molar-refractivity contribution in [3.05, 3.63) is 53.4 Å². The van der Waals surface area contributed by atoms with Crippen LogP contribution in [0.2, 0.25) is 5.02 Å². The SMILES string of the molecule is CCCN(CC(=O)Nc1ccc(OC)c(OC)c1)Cc1nnc(-c2ccccc2Cl)o1. The predicted molar refractivity (Wildman–Crippen MR) is 118 cm³/mol. The Morgan fingerprint density at radius 3 is 2.61 bits per heavy atom. The predicted octanol–water partition coefficient (Wildman–Crippen LogP) is 4.26. The van der Waals surface area contributed by atoms with Crippen molar-refractivity contribution in [3.63, 3.8) is 0 Å². The Balaban J connectivity index is 1.65. The molecule has 0 saturated carbocycles. The molecule has 8 nitrogen and oxygen atoms in total. The highest BCUT2D eigenvalue weighted by Gasteiger charge is 2.17. The molecule has 0 spiro atoms. The number of ether oxygens (including phenoxy) is 2. The van der Waals surface area contributed by atoms with Gasteiger partial charge in [-0.15, -0.1) is 10.2 Å². The minimum absolute atomic E-state index is 0.161. The zero-order valence-electron chi connectivity index (χ0n) is 17.7. The number of nitrogens with zero attached hydrogens (tertiary/aromatic N) is 3. The van der Waals surface area contributed by atoms with Gasteiger partial charge < -0.3 is 19.2 Å². The fourth-order valence-corrected chi connectivity index (χ4v) is 3.32. The number of nitrogens with one attached hydrogen (secondary N) is 1. The molecule has 1 heterocycles. The number of benzene rings is 2. The molecule has 0 aliphatic carbocycles. The molecule has 9 heteroatoms. The lowest BCUT2D eigenvalue weighted by Gasteiger charge is -2.19. The van der Waals surface area contributed by atoms with E-state index >= 15 is 0 Å². The Labute approximate surface area is 186 Å². The second-order valence-corrected chi connectivity index (χ2v) is 7.22. The van der Waals surface area contributed by atoms with E-state index in [1.54, 1.807) is 38.5 Å². The van der Waals surface area contributed by atoms with Crippen LogP contribution in [0.5, 0.6) is 11.5 Å². The molecule has 3 rings (SSSR count). The van der Waals surface area contributed by atoms with Crippen LogP contribution >= 0.6 is 11.6 Å². The van der Waals surface area contributed by atoms with E-state index in [-0.39, 0.29) is 12.5 Å². The van der Waals surface area contributed by atoms with Gasteiger partial charge in [0.05, 0.1) is 37.9 Å². The van der Waals surface area contributed by atoms with Gasteiger partial charge in [-0.3, -0.25) is 9.69 Å². The summed E-state index contributed by atoms with van der Waals surface area (Å²) < 4.78 is 16.3. The van der Waals surface area contributed by atoms with Crippen molar-refractivity contribution in [2.24, 2.45) is 0 Å². The third kappa shape index (κ3) is 5.96. The lowest BCUT2D eigenvalue weighted by Crippen LogP contribution is -2.33. The standard InChI is InChI=1S/C22H25ClN4O4/c1-4-11-27(13-20(28)24-15-9-10-18(29-2)19(12-15)30-3)14-21-25-26-22(31-21)16-7-5-6-8-17(16)23/h5-10,12H,4,11,13-14H2,1-3H3,(H,24,28). The molecule has 0 aliphatic heterocycles. The molecule has 0 atom stereocenters. The van der Waals surface area contributed by atoms with Crippen molar-refractivity contribution in [1.82, 2.24) is 15.1 Å². The molecule has 0 saturated heterocycles. The molecule has 31 heavy (non-hydrogen) atoms. The fourth-order valence-electron chi connectivity index (χ4n) is 3.10. The van der Waals surface area contributed by atoms with Crippen LogP contribution in [0.1, 0.15) is 19.2 Å². The fraction of sp³-hybridized carbons (Fsp3) is 0.318. The Kier molecular flexibility index (Phi) is 7.86. The van der Waals surface area contributed by atoms with Crippen molar-refractivity contribution in [2.45, 2.75) is 19.9 Å². The number of carbonyl (C=O) groups is 1. The number of methoxy groups -OCH3 is 2. The van der Waals surface area contributed by atoms with Gasteiger partial charge in [0.25, 0.3) is 0 Å². The third-order valence-electron chi connectivity index (χ3n) is 4.50. The van der Waals surface area contributed by atoms with Crippen LogP contribution in [-0.4, -0.2) is 48.3 Å². The number of hydrogen-bond acceptors (Lipinski definition) is 7. The van der Waals surface area contributed by atoms with Crippen molar-refractivity contribution < 1.29 is 18.7 Å². The smallest absolute Gasteiger partial charge is 0.249 e. The van der Waals surface area contributed by atoms with E-state index in [1.807, 2.05) is 30.0 Å². The zero-order chi connectivity index (χ0) is 22.2. The number of anilines is 1. The van der Waals surface area contributed by atoms with E-state index in [9.17, 15) is 4.79 Å². The summed E-state index contributed by atoms with van der Waals surface area (Å²) >= 11 is 6.20. The second kappa shape index (κ2) is 10.8. The molecule has 0 bridgehead atoms. The normalized spacial score (nSPS) is 10.9. The lowest BCUT2D eigenvalue weighted by molar-refractivity contribution is -0.117. The van der Waals surface area contributed by atoms with E-state index < -0.39 is 0 Å². The zero-order valence-corrected chi connectivity index (χ0v) is 18.5. The summed E-state index contributed by atoms with van der Waals surface area (Å²) in [5.41, 5.74) is 1.30. The summed E-state index contributed by atoms with van der Waals surface area (Å²) in [6.45, 7) is 3.27. The average Bonchev–Trinajstić information content (AvgIpc) is 3.22. The summed E-state index contributed by atoms with van der Waals surface area (Å²) in [6.07, 6.45) is 0.870. The van der Waals surface area contributed by atoms with Gasteiger partial charge in [0.1, 0.15) is 0 Å². The van der Waals surface area contributed by atoms with Crippen LogP contribution in [-0.2, 0) is 11.3 Å². The summed E-state index contributed by atoms with van der Waals surface area (Å²) in [6, 6.07) is 12.5. The first-order chi connectivity index (χ1) is 15.0. The minimum Gasteiger partial charge on any atom is -0.493 e. The van der Waals surface area contributed by atoms with Gasteiger partial charge in [0.15, 0.2) is 11.5 Å². The first-order valence-electron chi connectivity index (χ1n) is 9.85. The molecule has 2 aromatic carbocycles. The van der Waals surface area contributed by atoms with Gasteiger partial charge in [-0.25, -0.2) is 0 Å². The second-order valence-electron chi connectivity index (χ2n) is 6.81. The molecule has 1 amide bonds. The minimum atomic E-state index is -0.161. The summed E-state index contributed by atoms with van der Waals surface area (Å²) in [5.74, 6) is 1.75. The quantitative estimate of drug-likeness (QED) is 0.499. The van der Waals surface area contributed by atoms with Crippen LogP contribution in [0.15, 0.2) is 46.9 Å². The molecule has 1 aromatic heterocycles. The van der Waals surface area contributed by atoms with E-state index in [0.29, 0.717) is 52.6 Å². The Morgan fingerprint density at radius 1 is 1.13 bits per heavy atom. The molecule has 0 unspecified atom stereocenters. The summed E-state index contributed by atoms with van der Waals surface area (Å²) in [4.78, 5) is 14.5. The molecular weight excluding hydrogens is 420 g/mol. The number of halogens is 1. The molecule has 0 aliphatic rings. The van der Waals surface area contributed by atoms with Gasteiger partial charge in [-0.2, -0.15) is 0 Å². The highest BCUT2D eigenvalue weighted by Crippen LogP contribution is 2.30. The number of aromatic nitrogens is 2. The Hall–Kier alpha value is -3.10. The topological polar surface area (TPSA) is 89.7 Å². The van der Waals surface area contributed by atoms with Gasteiger partial charge in [-0.05, 0) is 37.2 Å². The molecular formula is C22H25ClN4O4. The molecule has 0 radical (unpaired) electrons. The van der Waals surface area contributed by atoms with E-state index in [2.05, 4.69) is 15.5 Å². The Morgan fingerprint density at radius 2 is 1.90 bits per heavy atom. The number of carbonyl (C=O) groups excluding carboxylic acids is 1. The van der Waals surface area contributed by atoms with Gasteiger partial charge in [0, 0.05) is 11.8 Å². The maximum atomic E-state index is 12.6. The van der Waals surface area contributed by atoms with Gasteiger partial charge in [0.2, 0.25) is 17.7 Å². The molecule has 0 fully saturated rings. The van der Waals surface area contributed by atoms with Crippen molar-refractivity contribution in [1.29, 1.82) is 0 Å². The maximum absolute atomic E-state index is 12.6. The first kappa shape index (κ1) is 22.6. The van der Waals surface area contributed by atoms with E-state index in [1.165, 1.54) is 0 Å². The average molecular weight is 445 g/mol. The van der Waals surface area contributed by atoms with Gasteiger partial charge >= 0.3 is 0 Å². The molecule has 1 N–H and O–H groups in total. The van der Waals surface area contributed by atoms with Crippen LogP contribution < -0.4 is 14.8 Å². The van der Waals surface area contributed by atoms with Crippen LogP contribution in [0.3, 0.4) is 0 Å². The first-order valence-corrected chi connectivity index (χ1v) is 10.2. The van der Waals surface area contributed by atoms with Crippen LogP contribution in [0.25, 0.3) is 11.5 Å². The van der Waals surface area contributed by atoms with Gasteiger partial charge in [-0.1, -0.05) is 30.7 Å². The molecule has 3 aromatic rings. The highest BCUT2D eigenvalue weighted by molar-refractivity contribution is 6.33. The number of hydrogen-bond donors (Lipinski definition) is 1. The highest BCUT2D eigenvalue weighted by atomic mass is 35.5. The van der Waals surface area contributed by atoms with Crippen molar-refractivity contribution in [3.8, 4) is 23.0 Å². The van der Waals surface area contributed by atoms with E-state index in [0.717, 1.165) is 6.42 Å². The van der Waals surface area contributed by atoms with Crippen molar-refractivity contribution >= 4 is 23.2 Å². The summed E-state index contributed by atoms with van der Waals surface area (Å²) in [7, 11) is 3.11. The largest absolute Gasteiger partial charge is 0.493 e. The van der Waals surface area contributed by atoms with Crippen LogP contribution in [0.4, 0.5) is 5.69 Å². The number of amides is 1. The molecule has 164 valence electrons. The van der Waals surface area contributed by atoms with Crippen molar-refractivity contribution in [2.75, 3.05) is 32.6 Å². The number of rotatable bonds is 10. The summed E-state index contributed by atoms with van der Waals surface area (Å²) in [5, 5.41) is 11.6.